The van der Waals surface area contributed by atoms with Crippen LogP contribution in [0.15, 0.2) is 0 Å². The van der Waals surface area contributed by atoms with Crippen molar-refractivity contribution in [3.05, 3.63) is 0 Å². The maximum atomic E-state index is 11.6. The average Bonchev–Trinajstić information content (AvgIpc) is 2.27. The summed E-state index contributed by atoms with van der Waals surface area (Å²) in [4.78, 5) is 24.3. The molecule has 2 aliphatic rings. The molecule has 0 bridgehead atoms. The second kappa shape index (κ2) is 6.18. The lowest BCUT2D eigenvalue weighted by atomic mass is 9.82. The van der Waals surface area contributed by atoms with Crippen molar-refractivity contribution in [3.8, 4) is 0 Å². The summed E-state index contributed by atoms with van der Waals surface area (Å²) in [6.07, 6.45) is 4.61. The normalized spacial score (nSPS) is 27.7. The van der Waals surface area contributed by atoms with Gasteiger partial charge in [-0.3, -0.25) is 9.59 Å². The summed E-state index contributed by atoms with van der Waals surface area (Å²) in [7, 11) is 0. The molecular formula is C13H22N2O3. The SMILES string of the molecule is O=C(O)C1CCC(CNCC(=O)N2CCC2)CC1. The Morgan fingerprint density at radius 3 is 2.33 bits per heavy atom. The first-order valence-corrected chi connectivity index (χ1v) is 6.88. The molecular weight excluding hydrogens is 232 g/mol. The lowest BCUT2D eigenvalue weighted by molar-refractivity contribution is -0.143. The van der Waals surface area contributed by atoms with Crippen molar-refractivity contribution in [2.45, 2.75) is 32.1 Å². The molecule has 0 aromatic heterocycles. The number of hydrogen-bond acceptors (Lipinski definition) is 3. The van der Waals surface area contributed by atoms with Crippen molar-refractivity contribution in [1.82, 2.24) is 10.2 Å². The maximum absolute atomic E-state index is 11.6. The van der Waals surface area contributed by atoms with Gasteiger partial charge in [0.15, 0.2) is 0 Å². The lowest BCUT2D eigenvalue weighted by Crippen LogP contribution is -2.46. The van der Waals surface area contributed by atoms with E-state index in [-0.39, 0.29) is 11.8 Å². The van der Waals surface area contributed by atoms with Gasteiger partial charge in [0.2, 0.25) is 5.91 Å². The van der Waals surface area contributed by atoms with Gasteiger partial charge in [-0.2, -0.15) is 0 Å². The topological polar surface area (TPSA) is 69.6 Å². The van der Waals surface area contributed by atoms with Crippen LogP contribution in [0.5, 0.6) is 0 Å². The van der Waals surface area contributed by atoms with E-state index < -0.39 is 5.97 Å². The number of carbonyl (C=O) groups is 2. The highest BCUT2D eigenvalue weighted by Gasteiger charge is 2.26. The summed E-state index contributed by atoms with van der Waals surface area (Å²) in [5.41, 5.74) is 0. The van der Waals surface area contributed by atoms with E-state index in [1.807, 2.05) is 4.90 Å². The number of nitrogens with one attached hydrogen (secondary N) is 1. The van der Waals surface area contributed by atoms with Crippen LogP contribution in [0.4, 0.5) is 0 Å². The standard InChI is InChI=1S/C13H22N2O3/c16-12(15-6-1-7-15)9-14-8-10-2-4-11(5-3-10)13(17)18/h10-11,14H,1-9H2,(H,17,18). The zero-order chi connectivity index (χ0) is 13.0. The van der Waals surface area contributed by atoms with E-state index in [2.05, 4.69) is 5.32 Å². The number of carbonyl (C=O) groups excluding carboxylic acids is 1. The van der Waals surface area contributed by atoms with Crippen LogP contribution in [-0.2, 0) is 9.59 Å². The third-order valence-corrected chi connectivity index (χ3v) is 4.11. The zero-order valence-corrected chi connectivity index (χ0v) is 10.7. The minimum Gasteiger partial charge on any atom is -0.481 e. The number of carboxylic acids is 1. The van der Waals surface area contributed by atoms with E-state index >= 15 is 0 Å². The molecule has 0 atom stereocenters. The van der Waals surface area contributed by atoms with Crippen molar-refractivity contribution in [1.29, 1.82) is 0 Å². The Bertz CT molecular complexity index is 307. The zero-order valence-electron chi connectivity index (χ0n) is 10.7. The fraction of sp³-hybridized carbons (Fsp3) is 0.846. The number of hydrogen-bond donors (Lipinski definition) is 2. The third-order valence-electron chi connectivity index (χ3n) is 4.11. The van der Waals surface area contributed by atoms with E-state index in [0.717, 1.165) is 51.7 Å². The molecule has 18 heavy (non-hydrogen) atoms. The van der Waals surface area contributed by atoms with E-state index in [1.54, 1.807) is 0 Å². The molecule has 2 N–H and O–H groups in total. The van der Waals surface area contributed by atoms with Gasteiger partial charge in [0.1, 0.15) is 0 Å². The number of nitrogens with zero attached hydrogens (tertiary/aromatic N) is 1. The number of rotatable bonds is 5. The van der Waals surface area contributed by atoms with Crippen LogP contribution in [-0.4, -0.2) is 48.1 Å². The minimum absolute atomic E-state index is 0.149. The summed E-state index contributed by atoms with van der Waals surface area (Å²) in [5, 5.41) is 12.1. The second-order valence-corrected chi connectivity index (χ2v) is 5.42. The van der Waals surface area contributed by atoms with Crippen molar-refractivity contribution >= 4 is 11.9 Å². The van der Waals surface area contributed by atoms with Gasteiger partial charge in [-0.25, -0.2) is 0 Å². The summed E-state index contributed by atoms with van der Waals surface area (Å²) in [6, 6.07) is 0. The monoisotopic (exact) mass is 254 g/mol. The average molecular weight is 254 g/mol. The quantitative estimate of drug-likeness (QED) is 0.757. The summed E-state index contributed by atoms with van der Waals surface area (Å²) >= 11 is 0. The molecule has 0 unspecified atom stereocenters. The van der Waals surface area contributed by atoms with Crippen LogP contribution in [0.25, 0.3) is 0 Å². The summed E-state index contributed by atoms with van der Waals surface area (Å²) < 4.78 is 0. The van der Waals surface area contributed by atoms with Gasteiger partial charge >= 0.3 is 5.97 Å². The molecule has 0 aromatic carbocycles. The number of carboxylic acid groups (broad SMARTS) is 1. The molecule has 102 valence electrons. The molecule has 1 amide bonds. The molecule has 5 nitrogen and oxygen atoms in total. The highest BCUT2D eigenvalue weighted by atomic mass is 16.4. The van der Waals surface area contributed by atoms with Gasteiger partial charge in [-0.1, -0.05) is 0 Å². The van der Waals surface area contributed by atoms with E-state index in [1.165, 1.54) is 0 Å². The van der Waals surface area contributed by atoms with Crippen molar-refractivity contribution in [2.24, 2.45) is 11.8 Å². The van der Waals surface area contributed by atoms with Gasteiger partial charge < -0.3 is 15.3 Å². The van der Waals surface area contributed by atoms with Crippen molar-refractivity contribution < 1.29 is 14.7 Å². The number of likely N-dealkylation sites (tertiary alicyclic amines) is 1. The molecule has 2 rings (SSSR count). The molecule has 1 aliphatic carbocycles. The molecule has 1 heterocycles. The van der Waals surface area contributed by atoms with E-state index in [9.17, 15) is 9.59 Å². The molecule has 2 fully saturated rings. The summed E-state index contributed by atoms with van der Waals surface area (Å²) in [5.74, 6) is -0.0800. The van der Waals surface area contributed by atoms with Crippen LogP contribution in [0, 0.1) is 11.8 Å². The van der Waals surface area contributed by atoms with Crippen LogP contribution < -0.4 is 5.32 Å². The van der Waals surface area contributed by atoms with Gasteiger partial charge in [-0.05, 0) is 44.6 Å². The number of aliphatic carboxylic acids is 1. The molecule has 0 aromatic rings. The maximum Gasteiger partial charge on any atom is 0.306 e. The summed E-state index contributed by atoms with van der Waals surface area (Å²) in [6.45, 7) is 3.08. The molecule has 1 saturated heterocycles. The van der Waals surface area contributed by atoms with Gasteiger partial charge in [0.25, 0.3) is 0 Å². The molecule has 1 aliphatic heterocycles. The fourth-order valence-electron chi connectivity index (χ4n) is 2.67. The van der Waals surface area contributed by atoms with Crippen LogP contribution in [0.2, 0.25) is 0 Å². The Kier molecular flexibility index (Phi) is 4.58. The van der Waals surface area contributed by atoms with Crippen LogP contribution in [0.1, 0.15) is 32.1 Å². The molecule has 0 radical (unpaired) electrons. The van der Waals surface area contributed by atoms with E-state index in [0.29, 0.717) is 12.5 Å². The Morgan fingerprint density at radius 2 is 1.83 bits per heavy atom. The highest BCUT2D eigenvalue weighted by molar-refractivity contribution is 5.78. The Morgan fingerprint density at radius 1 is 1.17 bits per heavy atom. The van der Waals surface area contributed by atoms with Crippen LogP contribution in [0.3, 0.4) is 0 Å². The lowest BCUT2D eigenvalue weighted by Gasteiger charge is -2.31. The van der Waals surface area contributed by atoms with Crippen molar-refractivity contribution in [3.63, 3.8) is 0 Å². The number of amides is 1. The predicted molar refractivity (Wildman–Crippen MR) is 67.2 cm³/mol. The first-order valence-electron chi connectivity index (χ1n) is 6.88. The molecule has 0 spiro atoms. The smallest absolute Gasteiger partial charge is 0.306 e. The molecule has 1 saturated carbocycles. The fourth-order valence-corrected chi connectivity index (χ4v) is 2.67. The van der Waals surface area contributed by atoms with Gasteiger partial charge in [0, 0.05) is 13.1 Å². The van der Waals surface area contributed by atoms with Crippen molar-refractivity contribution in [2.75, 3.05) is 26.2 Å². The van der Waals surface area contributed by atoms with Crippen LogP contribution >= 0.6 is 0 Å². The minimum atomic E-state index is -0.658. The third kappa shape index (κ3) is 3.45. The highest BCUT2D eigenvalue weighted by Crippen LogP contribution is 2.28. The first-order chi connectivity index (χ1) is 8.66. The second-order valence-electron chi connectivity index (χ2n) is 5.42. The predicted octanol–water partition coefficient (Wildman–Crippen LogP) is 0.699. The first kappa shape index (κ1) is 13.3. The van der Waals surface area contributed by atoms with E-state index in [4.69, 9.17) is 5.11 Å². The van der Waals surface area contributed by atoms with Gasteiger partial charge in [0.05, 0.1) is 12.5 Å². The largest absolute Gasteiger partial charge is 0.481 e. The Hall–Kier alpha value is -1.10. The Balaban J connectivity index is 1.57. The Labute approximate surface area is 108 Å². The molecule has 5 heteroatoms. The van der Waals surface area contributed by atoms with Gasteiger partial charge in [-0.15, -0.1) is 0 Å².